The van der Waals surface area contributed by atoms with Crippen molar-refractivity contribution in [3.05, 3.63) is 46.6 Å². The lowest BCUT2D eigenvalue weighted by atomic mass is 10.1. The minimum atomic E-state index is 0.0166. The molecule has 0 aromatic carbocycles. The zero-order valence-corrected chi connectivity index (χ0v) is 14.2. The van der Waals surface area contributed by atoms with Gasteiger partial charge >= 0.3 is 0 Å². The summed E-state index contributed by atoms with van der Waals surface area (Å²) in [5, 5.41) is 2.01. The van der Waals surface area contributed by atoms with E-state index in [0.717, 1.165) is 35.8 Å². The summed E-state index contributed by atoms with van der Waals surface area (Å²) in [6.45, 7) is 0.770. The highest BCUT2D eigenvalue weighted by molar-refractivity contribution is 7.10. The van der Waals surface area contributed by atoms with E-state index in [1.165, 1.54) is 0 Å². The number of carbonyl (C=O) groups excluding carboxylic acids is 1. The van der Waals surface area contributed by atoms with Gasteiger partial charge in [0.2, 0.25) is 5.91 Å². The molecule has 0 saturated carbocycles. The van der Waals surface area contributed by atoms with Gasteiger partial charge in [0.1, 0.15) is 5.82 Å². The topological polar surface area (TPSA) is 49.3 Å². The number of nitrogens with zero attached hydrogens (tertiary/aromatic N) is 4. The Labute approximate surface area is 140 Å². The third-order valence-corrected chi connectivity index (χ3v) is 4.75. The Hall–Kier alpha value is -2.21. The van der Waals surface area contributed by atoms with E-state index in [-0.39, 0.29) is 11.9 Å². The molecular formula is C17H20N4OS. The number of anilines is 1. The molecule has 6 heteroatoms. The molecule has 1 saturated heterocycles. The molecule has 1 unspecified atom stereocenters. The molecule has 2 aromatic heterocycles. The van der Waals surface area contributed by atoms with Gasteiger partial charge in [-0.25, -0.2) is 4.98 Å². The fraction of sp³-hybridized carbons (Fsp3) is 0.353. The third-order valence-electron chi connectivity index (χ3n) is 3.91. The molecule has 0 spiro atoms. The van der Waals surface area contributed by atoms with Crippen molar-refractivity contribution in [3.63, 3.8) is 0 Å². The number of thiophene rings is 1. The predicted octanol–water partition coefficient (Wildman–Crippen LogP) is 2.98. The Morgan fingerprint density at radius 1 is 1.43 bits per heavy atom. The summed E-state index contributed by atoms with van der Waals surface area (Å²) in [7, 11) is 3.88. The standard InChI is InChI=1S/C17H20N4OS/c1-20(2)16-12-18-11-14(19-16)15-6-3-9-21(15)17(22)8-7-13-5-4-10-23-13/h4-5,7-8,10-12,15H,3,6,9H2,1-2H3. The minimum Gasteiger partial charge on any atom is -0.361 e. The van der Waals surface area contributed by atoms with Crippen LogP contribution >= 0.6 is 11.3 Å². The quantitative estimate of drug-likeness (QED) is 0.810. The van der Waals surface area contributed by atoms with Gasteiger partial charge in [0.15, 0.2) is 0 Å². The molecule has 3 heterocycles. The van der Waals surface area contributed by atoms with Crippen LogP contribution in [-0.4, -0.2) is 41.4 Å². The number of rotatable bonds is 4. The number of aromatic nitrogens is 2. The van der Waals surface area contributed by atoms with Gasteiger partial charge in [-0.3, -0.25) is 9.78 Å². The van der Waals surface area contributed by atoms with Crippen LogP contribution in [0.3, 0.4) is 0 Å². The molecule has 3 rings (SSSR count). The van der Waals surface area contributed by atoms with E-state index >= 15 is 0 Å². The van der Waals surface area contributed by atoms with Crippen LogP contribution in [0.15, 0.2) is 36.0 Å². The molecule has 23 heavy (non-hydrogen) atoms. The van der Waals surface area contributed by atoms with Crippen molar-refractivity contribution in [1.82, 2.24) is 14.9 Å². The van der Waals surface area contributed by atoms with E-state index in [0.29, 0.717) is 0 Å². The third kappa shape index (κ3) is 3.59. The maximum absolute atomic E-state index is 12.5. The molecule has 1 atom stereocenters. The van der Waals surface area contributed by atoms with Gasteiger partial charge in [0.05, 0.1) is 24.1 Å². The van der Waals surface area contributed by atoms with Crippen LogP contribution in [0.4, 0.5) is 5.82 Å². The van der Waals surface area contributed by atoms with Gasteiger partial charge in [-0.05, 0) is 30.4 Å². The Kier molecular flexibility index (Phi) is 4.71. The van der Waals surface area contributed by atoms with Crippen LogP contribution in [0.25, 0.3) is 6.08 Å². The molecule has 1 amide bonds. The Morgan fingerprint density at radius 3 is 3.04 bits per heavy atom. The zero-order chi connectivity index (χ0) is 16.2. The second kappa shape index (κ2) is 6.91. The van der Waals surface area contributed by atoms with Gasteiger partial charge < -0.3 is 9.80 Å². The second-order valence-corrected chi connectivity index (χ2v) is 6.71. The average Bonchev–Trinajstić information content (AvgIpc) is 3.24. The first-order valence-electron chi connectivity index (χ1n) is 7.66. The first-order chi connectivity index (χ1) is 11.1. The Bertz CT molecular complexity index is 696. The summed E-state index contributed by atoms with van der Waals surface area (Å²) < 4.78 is 0. The highest BCUT2D eigenvalue weighted by atomic mass is 32.1. The number of hydrogen-bond acceptors (Lipinski definition) is 5. The van der Waals surface area contributed by atoms with Crippen LogP contribution < -0.4 is 4.90 Å². The molecule has 120 valence electrons. The minimum absolute atomic E-state index is 0.0166. The summed E-state index contributed by atoms with van der Waals surface area (Å²) in [5.74, 6) is 0.855. The lowest BCUT2D eigenvalue weighted by molar-refractivity contribution is -0.126. The summed E-state index contributed by atoms with van der Waals surface area (Å²) in [6, 6.07) is 4.00. The molecule has 0 radical (unpaired) electrons. The maximum Gasteiger partial charge on any atom is 0.247 e. The van der Waals surface area contributed by atoms with Gasteiger partial charge in [0, 0.05) is 31.6 Å². The molecule has 5 nitrogen and oxygen atoms in total. The van der Waals surface area contributed by atoms with Crippen molar-refractivity contribution in [3.8, 4) is 0 Å². The van der Waals surface area contributed by atoms with Crippen molar-refractivity contribution in [2.75, 3.05) is 25.5 Å². The monoisotopic (exact) mass is 328 g/mol. The van der Waals surface area contributed by atoms with Crippen LogP contribution in [-0.2, 0) is 4.79 Å². The van der Waals surface area contributed by atoms with E-state index in [4.69, 9.17) is 0 Å². The lowest BCUT2D eigenvalue weighted by Crippen LogP contribution is -2.29. The molecule has 1 fully saturated rings. The summed E-state index contributed by atoms with van der Waals surface area (Å²) in [5.41, 5.74) is 0.867. The Balaban J connectivity index is 1.77. The fourth-order valence-electron chi connectivity index (χ4n) is 2.72. The molecule has 2 aromatic rings. The van der Waals surface area contributed by atoms with E-state index < -0.39 is 0 Å². The number of likely N-dealkylation sites (tertiary alicyclic amines) is 1. The summed E-state index contributed by atoms with van der Waals surface area (Å²) in [6.07, 6.45) is 8.98. The molecule has 1 aliphatic heterocycles. The van der Waals surface area contributed by atoms with Crippen LogP contribution in [0, 0.1) is 0 Å². The molecule has 0 bridgehead atoms. The maximum atomic E-state index is 12.5. The van der Waals surface area contributed by atoms with E-state index in [1.807, 2.05) is 47.5 Å². The first kappa shape index (κ1) is 15.7. The molecular weight excluding hydrogens is 308 g/mol. The van der Waals surface area contributed by atoms with Crippen molar-refractivity contribution < 1.29 is 4.79 Å². The van der Waals surface area contributed by atoms with Crippen molar-refractivity contribution >= 4 is 29.1 Å². The smallest absolute Gasteiger partial charge is 0.247 e. The van der Waals surface area contributed by atoms with Crippen LogP contribution in [0.1, 0.15) is 29.5 Å². The van der Waals surface area contributed by atoms with Crippen molar-refractivity contribution in [1.29, 1.82) is 0 Å². The number of hydrogen-bond donors (Lipinski definition) is 0. The van der Waals surface area contributed by atoms with Gasteiger partial charge in [-0.2, -0.15) is 0 Å². The van der Waals surface area contributed by atoms with Crippen LogP contribution in [0.5, 0.6) is 0 Å². The summed E-state index contributed by atoms with van der Waals surface area (Å²) in [4.78, 5) is 26.4. The molecule has 1 aliphatic rings. The fourth-order valence-corrected chi connectivity index (χ4v) is 3.34. The van der Waals surface area contributed by atoms with Crippen LogP contribution in [0.2, 0.25) is 0 Å². The zero-order valence-electron chi connectivity index (χ0n) is 13.3. The largest absolute Gasteiger partial charge is 0.361 e. The SMILES string of the molecule is CN(C)c1cncc(C2CCCN2C(=O)C=Cc2cccs2)n1. The van der Waals surface area contributed by atoms with E-state index in [9.17, 15) is 4.79 Å². The highest BCUT2D eigenvalue weighted by Gasteiger charge is 2.30. The van der Waals surface area contributed by atoms with Gasteiger partial charge in [-0.1, -0.05) is 6.07 Å². The van der Waals surface area contributed by atoms with E-state index in [2.05, 4.69) is 9.97 Å². The second-order valence-electron chi connectivity index (χ2n) is 5.73. The number of amides is 1. The predicted molar refractivity (Wildman–Crippen MR) is 93.4 cm³/mol. The molecule has 0 N–H and O–H groups in total. The van der Waals surface area contributed by atoms with E-state index in [1.54, 1.807) is 29.8 Å². The van der Waals surface area contributed by atoms with Gasteiger partial charge in [-0.15, -0.1) is 11.3 Å². The summed E-state index contributed by atoms with van der Waals surface area (Å²) >= 11 is 1.62. The number of carbonyl (C=O) groups is 1. The van der Waals surface area contributed by atoms with Gasteiger partial charge in [0.25, 0.3) is 0 Å². The lowest BCUT2D eigenvalue weighted by Gasteiger charge is -2.23. The average molecular weight is 328 g/mol. The van der Waals surface area contributed by atoms with Crippen molar-refractivity contribution in [2.24, 2.45) is 0 Å². The Morgan fingerprint density at radius 2 is 2.30 bits per heavy atom. The highest BCUT2D eigenvalue weighted by Crippen LogP contribution is 2.31. The normalized spacial score (nSPS) is 17.8. The first-order valence-corrected chi connectivity index (χ1v) is 8.54. The molecule has 0 aliphatic carbocycles. The van der Waals surface area contributed by atoms with Crippen molar-refractivity contribution in [2.45, 2.75) is 18.9 Å².